The van der Waals surface area contributed by atoms with Gasteiger partial charge in [-0.15, -0.1) is 0 Å². The van der Waals surface area contributed by atoms with Crippen LogP contribution in [0.15, 0.2) is 53.3 Å². The van der Waals surface area contributed by atoms with Gasteiger partial charge in [0.1, 0.15) is 0 Å². The second kappa shape index (κ2) is 5.76. The van der Waals surface area contributed by atoms with Crippen LogP contribution in [0.1, 0.15) is 10.6 Å². The molecule has 0 saturated carbocycles. The Kier molecular flexibility index (Phi) is 4.07. The molecule has 1 heterocycles. The number of benzene rings is 1. The molecule has 2 aromatic rings. The monoisotopic (exact) mass is 281 g/mol. The van der Waals surface area contributed by atoms with Gasteiger partial charge in [-0.05, 0) is 24.3 Å². The van der Waals surface area contributed by atoms with Crippen LogP contribution in [-0.4, -0.2) is 5.78 Å². The van der Waals surface area contributed by atoms with E-state index in [1.54, 1.807) is 30.3 Å². The van der Waals surface area contributed by atoms with Crippen molar-refractivity contribution in [1.82, 2.24) is 0 Å². The van der Waals surface area contributed by atoms with Gasteiger partial charge >= 0.3 is 0 Å². The molecule has 92 valence electrons. The van der Waals surface area contributed by atoms with E-state index in [-0.39, 0.29) is 11.5 Å². The van der Waals surface area contributed by atoms with Crippen molar-refractivity contribution in [3.8, 4) is 0 Å². The highest BCUT2D eigenvalue weighted by Crippen LogP contribution is 2.29. The molecule has 5 heteroatoms. The minimum atomic E-state index is -0.231. The summed E-state index contributed by atoms with van der Waals surface area (Å²) in [4.78, 5) is 11.6. The highest BCUT2D eigenvalue weighted by Gasteiger charge is 2.04. The SMILES string of the molecule is O=C(/C=C/Nc1cccc(Cl)c1Cl)c1ccco1. The Morgan fingerprint density at radius 1 is 1.22 bits per heavy atom. The van der Waals surface area contributed by atoms with E-state index in [1.807, 2.05) is 0 Å². The zero-order chi connectivity index (χ0) is 13.0. The van der Waals surface area contributed by atoms with Gasteiger partial charge in [-0.1, -0.05) is 29.3 Å². The Morgan fingerprint density at radius 2 is 2.06 bits per heavy atom. The van der Waals surface area contributed by atoms with Gasteiger partial charge in [-0.3, -0.25) is 4.79 Å². The molecule has 0 fully saturated rings. The summed E-state index contributed by atoms with van der Waals surface area (Å²) >= 11 is 11.8. The molecule has 0 aliphatic heterocycles. The number of allylic oxidation sites excluding steroid dienone is 1. The van der Waals surface area contributed by atoms with Crippen LogP contribution in [0.4, 0.5) is 5.69 Å². The van der Waals surface area contributed by atoms with Crippen LogP contribution < -0.4 is 5.32 Å². The van der Waals surface area contributed by atoms with Gasteiger partial charge in [-0.25, -0.2) is 0 Å². The summed E-state index contributed by atoms with van der Waals surface area (Å²) in [5, 5.41) is 3.75. The zero-order valence-electron chi connectivity index (χ0n) is 9.19. The molecule has 1 aromatic heterocycles. The fourth-order valence-corrected chi connectivity index (χ4v) is 1.68. The predicted molar refractivity (Wildman–Crippen MR) is 72.3 cm³/mol. The molecule has 0 radical (unpaired) electrons. The molecular formula is C13H9Cl2NO2. The summed E-state index contributed by atoms with van der Waals surface area (Å²) in [6.07, 6.45) is 4.29. The minimum absolute atomic E-state index is 0.231. The average molecular weight is 282 g/mol. The molecule has 3 nitrogen and oxygen atoms in total. The van der Waals surface area contributed by atoms with Gasteiger partial charge in [0.25, 0.3) is 0 Å². The number of rotatable bonds is 4. The smallest absolute Gasteiger partial charge is 0.222 e. The van der Waals surface area contributed by atoms with Crippen molar-refractivity contribution in [1.29, 1.82) is 0 Å². The van der Waals surface area contributed by atoms with Crippen molar-refractivity contribution in [3.63, 3.8) is 0 Å². The van der Waals surface area contributed by atoms with Gasteiger partial charge in [0.15, 0.2) is 5.76 Å². The second-order valence-electron chi connectivity index (χ2n) is 3.42. The maximum absolute atomic E-state index is 11.6. The lowest BCUT2D eigenvalue weighted by atomic mass is 10.3. The molecule has 1 N–H and O–H groups in total. The Morgan fingerprint density at radius 3 is 2.78 bits per heavy atom. The molecule has 0 spiro atoms. The fraction of sp³-hybridized carbons (Fsp3) is 0. The normalized spacial score (nSPS) is 10.8. The number of carbonyl (C=O) groups is 1. The van der Waals surface area contributed by atoms with Gasteiger partial charge in [0.2, 0.25) is 5.78 Å². The van der Waals surface area contributed by atoms with E-state index in [2.05, 4.69) is 5.32 Å². The van der Waals surface area contributed by atoms with Crippen molar-refractivity contribution in [3.05, 3.63) is 64.7 Å². The Labute approximate surface area is 114 Å². The molecule has 0 aliphatic carbocycles. The number of anilines is 1. The topological polar surface area (TPSA) is 42.2 Å². The molecule has 18 heavy (non-hydrogen) atoms. The molecule has 0 bridgehead atoms. The van der Waals surface area contributed by atoms with Gasteiger partial charge in [0, 0.05) is 12.3 Å². The number of furan rings is 1. The van der Waals surface area contributed by atoms with Crippen molar-refractivity contribution in [2.75, 3.05) is 5.32 Å². The van der Waals surface area contributed by atoms with Crippen LogP contribution in [0.5, 0.6) is 0 Å². The van der Waals surface area contributed by atoms with Crippen LogP contribution in [0.25, 0.3) is 0 Å². The van der Waals surface area contributed by atoms with Crippen molar-refractivity contribution in [2.45, 2.75) is 0 Å². The third kappa shape index (κ3) is 2.94. The number of hydrogen-bond donors (Lipinski definition) is 1. The van der Waals surface area contributed by atoms with Crippen LogP contribution >= 0.6 is 23.2 Å². The standard InChI is InChI=1S/C13H9Cl2NO2/c14-9-3-1-4-10(13(9)15)16-7-6-11(17)12-5-2-8-18-12/h1-8,16H/b7-6+. The molecule has 0 unspecified atom stereocenters. The zero-order valence-corrected chi connectivity index (χ0v) is 10.7. The maximum atomic E-state index is 11.6. The number of hydrogen-bond acceptors (Lipinski definition) is 3. The summed E-state index contributed by atoms with van der Waals surface area (Å²) in [6.45, 7) is 0. The summed E-state index contributed by atoms with van der Waals surface area (Å²) < 4.78 is 4.97. The lowest BCUT2D eigenvalue weighted by Gasteiger charge is -2.04. The van der Waals surface area contributed by atoms with Crippen LogP contribution in [-0.2, 0) is 0 Å². The highest BCUT2D eigenvalue weighted by atomic mass is 35.5. The number of ketones is 1. The van der Waals surface area contributed by atoms with Gasteiger partial charge in [0.05, 0.1) is 22.0 Å². The molecule has 0 amide bonds. The van der Waals surface area contributed by atoms with E-state index in [0.717, 1.165) is 0 Å². The maximum Gasteiger partial charge on any atom is 0.222 e. The summed E-state index contributed by atoms with van der Waals surface area (Å²) in [5.74, 6) is 0.0518. The molecule has 0 atom stereocenters. The summed E-state index contributed by atoms with van der Waals surface area (Å²) in [7, 11) is 0. The van der Waals surface area contributed by atoms with E-state index in [9.17, 15) is 4.79 Å². The molecule has 1 aromatic carbocycles. The van der Waals surface area contributed by atoms with E-state index in [4.69, 9.17) is 27.6 Å². The largest absolute Gasteiger partial charge is 0.461 e. The van der Waals surface area contributed by atoms with Crippen molar-refractivity contribution < 1.29 is 9.21 Å². The molecule has 2 rings (SSSR count). The Bertz CT molecular complexity index is 577. The van der Waals surface area contributed by atoms with Crippen LogP contribution in [0.2, 0.25) is 10.0 Å². The number of carbonyl (C=O) groups excluding carboxylic acids is 1. The summed E-state index contributed by atoms with van der Waals surface area (Å²) in [6, 6.07) is 8.46. The molecule has 0 saturated heterocycles. The number of nitrogens with one attached hydrogen (secondary N) is 1. The van der Waals surface area contributed by atoms with Crippen LogP contribution in [0, 0.1) is 0 Å². The quantitative estimate of drug-likeness (QED) is 0.667. The lowest BCUT2D eigenvalue weighted by molar-refractivity contribution is 0.102. The van der Waals surface area contributed by atoms with Gasteiger partial charge < -0.3 is 9.73 Å². The first-order valence-corrected chi connectivity index (χ1v) is 5.89. The minimum Gasteiger partial charge on any atom is -0.461 e. The molecular weight excluding hydrogens is 273 g/mol. The second-order valence-corrected chi connectivity index (χ2v) is 4.21. The Balaban J connectivity index is 2.03. The van der Waals surface area contributed by atoms with Crippen molar-refractivity contribution in [2.24, 2.45) is 0 Å². The first-order chi connectivity index (χ1) is 8.68. The third-order valence-corrected chi connectivity index (χ3v) is 3.01. The fourth-order valence-electron chi connectivity index (χ4n) is 1.32. The first-order valence-electron chi connectivity index (χ1n) is 5.13. The van der Waals surface area contributed by atoms with E-state index in [1.165, 1.54) is 18.5 Å². The molecule has 0 aliphatic rings. The van der Waals surface area contributed by atoms with E-state index >= 15 is 0 Å². The van der Waals surface area contributed by atoms with E-state index < -0.39 is 0 Å². The van der Waals surface area contributed by atoms with Gasteiger partial charge in [-0.2, -0.15) is 0 Å². The average Bonchev–Trinajstić information content (AvgIpc) is 2.88. The summed E-state index contributed by atoms with van der Waals surface area (Å²) in [5.41, 5.74) is 0.632. The lowest BCUT2D eigenvalue weighted by Crippen LogP contribution is -1.94. The highest BCUT2D eigenvalue weighted by molar-refractivity contribution is 6.43. The van der Waals surface area contributed by atoms with Crippen molar-refractivity contribution >= 4 is 34.7 Å². The predicted octanol–water partition coefficient (Wildman–Crippen LogP) is 4.39. The number of halogens is 2. The van der Waals surface area contributed by atoms with Crippen LogP contribution in [0.3, 0.4) is 0 Å². The first kappa shape index (κ1) is 12.7. The third-order valence-electron chi connectivity index (χ3n) is 2.19. The van der Waals surface area contributed by atoms with E-state index in [0.29, 0.717) is 15.7 Å². The Hall–Kier alpha value is -1.71.